The summed E-state index contributed by atoms with van der Waals surface area (Å²) in [5, 5.41) is 3.12. The van der Waals surface area contributed by atoms with Crippen molar-refractivity contribution >= 4 is 21.8 Å². The molecule has 1 saturated carbocycles. The summed E-state index contributed by atoms with van der Waals surface area (Å²) in [6, 6.07) is 0. The van der Waals surface area contributed by atoms with E-state index in [-0.39, 0.29) is 16.3 Å². The van der Waals surface area contributed by atoms with Gasteiger partial charge in [0.15, 0.2) is 0 Å². The second-order valence-electron chi connectivity index (χ2n) is 4.13. The molecule has 0 spiro atoms. The van der Waals surface area contributed by atoms with E-state index in [0.29, 0.717) is 0 Å². The Morgan fingerprint density at radius 3 is 2.54 bits per heavy atom. The van der Waals surface area contributed by atoms with Gasteiger partial charge >= 0.3 is 0 Å². The van der Waals surface area contributed by atoms with Gasteiger partial charge in [0, 0.05) is 5.54 Å². The standard InChI is InChI=1S/C10H18BrNO/c1-3-8(11)9(13)12-10(2)6-4-5-7-10/h8H,3-7H2,1-2H3,(H,12,13). The summed E-state index contributed by atoms with van der Waals surface area (Å²) < 4.78 is 0. The third-order valence-corrected chi connectivity index (χ3v) is 3.84. The monoisotopic (exact) mass is 247 g/mol. The van der Waals surface area contributed by atoms with Crippen LogP contribution in [0.25, 0.3) is 0 Å². The van der Waals surface area contributed by atoms with Gasteiger partial charge in [-0.1, -0.05) is 35.7 Å². The summed E-state index contributed by atoms with van der Waals surface area (Å²) in [6.07, 6.45) is 5.60. The van der Waals surface area contributed by atoms with Crippen LogP contribution in [0.5, 0.6) is 0 Å². The quantitative estimate of drug-likeness (QED) is 0.764. The molecule has 0 bridgehead atoms. The molecule has 1 aliphatic carbocycles. The van der Waals surface area contributed by atoms with Crippen molar-refractivity contribution < 1.29 is 4.79 Å². The Morgan fingerprint density at radius 2 is 2.08 bits per heavy atom. The molecule has 1 N–H and O–H groups in total. The molecule has 0 heterocycles. The molecule has 13 heavy (non-hydrogen) atoms. The largest absolute Gasteiger partial charge is 0.350 e. The fourth-order valence-electron chi connectivity index (χ4n) is 1.84. The van der Waals surface area contributed by atoms with Crippen molar-refractivity contribution in [3.63, 3.8) is 0 Å². The summed E-state index contributed by atoms with van der Waals surface area (Å²) in [5.74, 6) is 0.145. The van der Waals surface area contributed by atoms with Crippen LogP contribution in [0, 0.1) is 0 Å². The van der Waals surface area contributed by atoms with E-state index in [9.17, 15) is 4.79 Å². The fraction of sp³-hybridized carbons (Fsp3) is 0.900. The normalized spacial score (nSPS) is 22.7. The van der Waals surface area contributed by atoms with Gasteiger partial charge in [0.2, 0.25) is 5.91 Å². The van der Waals surface area contributed by atoms with Crippen LogP contribution in [-0.4, -0.2) is 16.3 Å². The van der Waals surface area contributed by atoms with Gasteiger partial charge in [-0.15, -0.1) is 0 Å². The third-order valence-electron chi connectivity index (χ3n) is 2.78. The van der Waals surface area contributed by atoms with E-state index in [1.165, 1.54) is 12.8 Å². The first-order chi connectivity index (χ1) is 6.07. The van der Waals surface area contributed by atoms with Crippen molar-refractivity contribution in [2.45, 2.75) is 56.3 Å². The molecule has 2 nitrogen and oxygen atoms in total. The van der Waals surface area contributed by atoms with Crippen LogP contribution in [-0.2, 0) is 4.79 Å². The predicted octanol–water partition coefficient (Wildman–Crippen LogP) is 2.61. The highest BCUT2D eigenvalue weighted by Crippen LogP contribution is 2.29. The number of halogens is 1. The van der Waals surface area contributed by atoms with Crippen LogP contribution in [0.15, 0.2) is 0 Å². The Balaban J connectivity index is 2.43. The van der Waals surface area contributed by atoms with Crippen molar-refractivity contribution in [1.29, 1.82) is 0 Å². The number of nitrogens with one attached hydrogen (secondary N) is 1. The van der Waals surface area contributed by atoms with E-state index in [2.05, 4.69) is 28.2 Å². The molecule has 0 aromatic rings. The Morgan fingerprint density at radius 1 is 1.54 bits per heavy atom. The number of carbonyl (C=O) groups is 1. The first-order valence-corrected chi connectivity index (χ1v) is 5.95. The first kappa shape index (κ1) is 11.0. The molecule has 1 unspecified atom stereocenters. The first-order valence-electron chi connectivity index (χ1n) is 5.03. The maximum absolute atomic E-state index is 11.6. The van der Waals surface area contributed by atoms with Gasteiger partial charge < -0.3 is 5.32 Å². The summed E-state index contributed by atoms with van der Waals surface area (Å²) in [5.41, 5.74) is 0.0677. The van der Waals surface area contributed by atoms with E-state index in [4.69, 9.17) is 0 Å². The molecular weight excluding hydrogens is 230 g/mol. The minimum absolute atomic E-state index is 0.0232. The van der Waals surface area contributed by atoms with E-state index >= 15 is 0 Å². The Labute approximate surface area is 88.6 Å². The highest BCUT2D eigenvalue weighted by atomic mass is 79.9. The Hall–Kier alpha value is -0.0500. The van der Waals surface area contributed by atoms with Crippen molar-refractivity contribution in [2.24, 2.45) is 0 Å². The lowest BCUT2D eigenvalue weighted by molar-refractivity contribution is -0.122. The van der Waals surface area contributed by atoms with Gasteiger partial charge in [-0.2, -0.15) is 0 Å². The minimum Gasteiger partial charge on any atom is -0.350 e. The van der Waals surface area contributed by atoms with Gasteiger partial charge in [0.05, 0.1) is 4.83 Å². The molecular formula is C10H18BrNO. The minimum atomic E-state index is -0.0232. The molecule has 0 saturated heterocycles. The number of hydrogen-bond acceptors (Lipinski definition) is 1. The number of amides is 1. The average molecular weight is 248 g/mol. The van der Waals surface area contributed by atoms with E-state index in [1.807, 2.05) is 6.92 Å². The van der Waals surface area contributed by atoms with Crippen LogP contribution in [0.3, 0.4) is 0 Å². The fourth-order valence-corrected chi connectivity index (χ4v) is 1.96. The molecule has 0 aromatic heterocycles. The van der Waals surface area contributed by atoms with Gasteiger partial charge in [-0.25, -0.2) is 0 Å². The Bertz CT molecular complexity index is 187. The molecule has 0 aromatic carbocycles. The molecule has 1 fully saturated rings. The van der Waals surface area contributed by atoms with Gasteiger partial charge in [0.25, 0.3) is 0 Å². The topological polar surface area (TPSA) is 29.1 Å². The maximum atomic E-state index is 11.6. The van der Waals surface area contributed by atoms with Crippen LogP contribution < -0.4 is 5.32 Å². The summed E-state index contributed by atoms with van der Waals surface area (Å²) in [7, 11) is 0. The van der Waals surface area contributed by atoms with Crippen molar-refractivity contribution in [3.8, 4) is 0 Å². The molecule has 1 amide bonds. The molecule has 0 radical (unpaired) electrons. The number of hydrogen-bond donors (Lipinski definition) is 1. The van der Waals surface area contributed by atoms with E-state index in [0.717, 1.165) is 19.3 Å². The average Bonchev–Trinajstić information content (AvgIpc) is 2.50. The van der Waals surface area contributed by atoms with Gasteiger partial charge in [0.1, 0.15) is 0 Å². The smallest absolute Gasteiger partial charge is 0.234 e. The molecule has 1 aliphatic rings. The lowest BCUT2D eigenvalue weighted by atomic mass is 10.0. The molecule has 0 aliphatic heterocycles. The van der Waals surface area contributed by atoms with Crippen LogP contribution >= 0.6 is 15.9 Å². The molecule has 76 valence electrons. The Kier molecular flexibility index (Phi) is 3.77. The van der Waals surface area contributed by atoms with Crippen molar-refractivity contribution in [1.82, 2.24) is 5.32 Å². The number of rotatable bonds is 3. The predicted molar refractivity (Wildman–Crippen MR) is 58.0 cm³/mol. The zero-order valence-corrected chi connectivity index (χ0v) is 9.99. The highest BCUT2D eigenvalue weighted by molar-refractivity contribution is 9.10. The maximum Gasteiger partial charge on any atom is 0.234 e. The summed E-state index contributed by atoms with van der Waals surface area (Å²) >= 11 is 3.36. The van der Waals surface area contributed by atoms with Crippen molar-refractivity contribution in [2.75, 3.05) is 0 Å². The third kappa shape index (κ3) is 2.97. The summed E-state index contributed by atoms with van der Waals surface area (Å²) in [4.78, 5) is 11.6. The molecule has 1 rings (SSSR count). The SMILES string of the molecule is CCC(Br)C(=O)NC1(C)CCCC1. The number of alkyl halides is 1. The second-order valence-corrected chi connectivity index (χ2v) is 5.24. The summed E-state index contributed by atoms with van der Waals surface area (Å²) in [6.45, 7) is 4.16. The lowest BCUT2D eigenvalue weighted by Gasteiger charge is -2.26. The van der Waals surface area contributed by atoms with Crippen LogP contribution in [0.1, 0.15) is 46.0 Å². The second kappa shape index (κ2) is 4.45. The van der Waals surface area contributed by atoms with E-state index in [1.54, 1.807) is 0 Å². The molecule has 3 heteroatoms. The zero-order chi connectivity index (χ0) is 9.90. The van der Waals surface area contributed by atoms with Gasteiger partial charge in [-0.3, -0.25) is 4.79 Å². The van der Waals surface area contributed by atoms with Crippen LogP contribution in [0.2, 0.25) is 0 Å². The molecule has 1 atom stereocenters. The van der Waals surface area contributed by atoms with Gasteiger partial charge in [-0.05, 0) is 26.2 Å². The zero-order valence-electron chi connectivity index (χ0n) is 8.40. The number of carbonyl (C=O) groups excluding carboxylic acids is 1. The van der Waals surface area contributed by atoms with Crippen LogP contribution in [0.4, 0.5) is 0 Å². The van der Waals surface area contributed by atoms with Crippen molar-refractivity contribution in [3.05, 3.63) is 0 Å². The van der Waals surface area contributed by atoms with E-state index < -0.39 is 0 Å². The lowest BCUT2D eigenvalue weighted by Crippen LogP contribution is -2.46. The highest BCUT2D eigenvalue weighted by Gasteiger charge is 2.31.